The average Bonchev–Trinajstić information content (AvgIpc) is 3.06. The summed E-state index contributed by atoms with van der Waals surface area (Å²) in [6.45, 7) is 4.06. The molecule has 140 valence electrons. The van der Waals surface area contributed by atoms with Crippen LogP contribution in [-0.2, 0) is 11.2 Å². The highest BCUT2D eigenvalue weighted by Crippen LogP contribution is 2.24. The van der Waals surface area contributed by atoms with Crippen molar-refractivity contribution in [3.63, 3.8) is 0 Å². The van der Waals surface area contributed by atoms with E-state index in [1.165, 1.54) is 0 Å². The second kappa shape index (κ2) is 7.56. The average molecular weight is 372 g/mol. The highest BCUT2D eigenvalue weighted by Gasteiger charge is 2.14. The van der Waals surface area contributed by atoms with Crippen molar-refractivity contribution in [3.8, 4) is 11.5 Å². The predicted octanol–water partition coefficient (Wildman–Crippen LogP) is 5.42. The summed E-state index contributed by atoms with van der Waals surface area (Å²) in [5.41, 5.74) is 4.32. The van der Waals surface area contributed by atoms with Crippen molar-refractivity contribution >= 4 is 22.6 Å². The molecule has 0 aliphatic heterocycles. The molecule has 1 heterocycles. The molecule has 0 atom stereocenters. The lowest BCUT2D eigenvalue weighted by atomic mass is 10.1. The summed E-state index contributed by atoms with van der Waals surface area (Å²) < 4.78 is 11.1. The molecule has 1 aromatic heterocycles. The van der Waals surface area contributed by atoms with Gasteiger partial charge in [-0.1, -0.05) is 23.4 Å². The lowest BCUT2D eigenvalue weighted by molar-refractivity contribution is -0.115. The van der Waals surface area contributed by atoms with Gasteiger partial charge in [0.1, 0.15) is 17.2 Å². The molecular weight excluding hydrogens is 352 g/mol. The first kappa shape index (κ1) is 17.8. The molecule has 0 saturated heterocycles. The number of benzene rings is 3. The molecule has 4 rings (SSSR count). The SMILES string of the molecule is Cc1cc2onc(CC(=O)Nc3ccc(Oc4ccccc4)cc3)c2cc1C. The van der Waals surface area contributed by atoms with Gasteiger partial charge in [0.2, 0.25) is 5.91 Å². The Labute approximate surface area is 162 Å². The van der Waals surface area contributed by atoms with E-state index in [0.717, 1.165) is 22.3 Å². The fraction of sp³-hybridized carbons (Fsp3) is 0.130. The number of carbonyl (C=O) groups excluding carboxylic acids is 1. The quantitative estimate of drug-likeness (QED) is 0.508. The molecule has 0 radical (unpaired) electrons. The number of ether oxygens (including phenoxy) is 1. The van der Waals surface area contributed by atoms with Crippen LogP contribution in [0.4, 0.5) is 5.69 Å². The monoisotopic (exact) mass is 372 g/mol. The van der Waals surface area contributed by atoms with E-state index in [-0.39, 0.29) is 12.3 Å². The Morgan fingerprint density at radius 2 is 1.64 bits per heavy atom. The Morgan fingerprint density at radius 1 is 0.964 bits per heavy atom. The third-order valence-electron chi connectivity index (χ3n) is 4.61. The zero-order valence-corrected chi connectivity index (χ0v) is 15.7. The first-order valence-electron chi connectivity index (χ1n) is 9.07. The molecule has 3 aromatic carbocycles. The molecule has 0 bridgehead atoms. The van der Waals surface area contributed by atoms with Crippen molar-refractivity contribution in [2.75, 3.05) is 5.32 Å². The Bertz CT molecular complexity index is 1120. The normalized spacial score (nSPS) is 10.8. The number of aryl methyl sites for hydroxylation is 2. The molecule has 5 heteroatoms. The van der Waals surface area contributed by atoms with Crippen LogP contribution in [0.25, 0.3) is 11.0 Å². The van der Waals surface area contributed by atoms with Crippen molar-refractivity contribution in [2.45, 2.75) is 20.3 Å². The smallest absolute Gasteiger partial charge is 0.230 e. The Balaban J connectivity index is 1.42. The summed E-state index contributed by atoms with van der Waals surface area (Å²) in [7, 11) is 0. The number of fused-ring (bicyclic) bond motifs is 1. The van der Waals surface area contributed by atoms with Crippen LogP contribution >= 0.6 is 0 Å². The van der Waals surface area contributed by atoms with Gasteiger partial charge in [-0.2, -0.15) is 0 Å². The molecule has 28 heavy (non-hydrogen) atoms. The zero-order valence-electron chi connectivity index (χ0n) is 15.7. The maximum absolute atomic E-state index is 12.4. The van der Waals surface area contributed by atoms with Gasteiger partial charge in [0, 0.05) is 11.1 Å². The molecular formula is C23H20N2O3. The number of hydrogen-bond donors (Lipinski definition) is 1. The summed E-state index contributed by atoms with van der Waals surface area (Å²) in [5.74, 6) is 1.32. The highest BCUT2D eigenvalue weighted by molar-refractivity contribution is 5.94. The number of anilines is 1. The van der Waals surface area contributed by atoms with E-state index in [2.05, 4.69) is 10.5 Å². The van der Waals surface area contributed by atoms with Gasteiger partial charge in [-0.05, 0) is 73.5 Å². The molecule has 4 aromatic rings. The maximum atomic E-state index is 12.4. The summed E-state index contributed by atoms with van der Waals surface area (Å²) in [5, 5.41) is 7.83. The molecule has 0 spiro atoms. The molecule has 0 saturated carbocycles. The number of rotatable bonds is 5. The third-order valence-corrected chi connectivity index (χ3v) is 4.61. The lowest BCUT2D eigenvalue weighted by Crippen LogP contribution is -2.14. The van der Waals surface area contributed by atoms with Crippen LogP contribution in [0.3, 0.4) is 0 Å². The van der Waals surface area contributed by atoms with Gasteiger partial charge in [-0.25, -0.2) is 0 Å². The van der Waals surface area contributed by atoms with Gasteiger partial charge in [0.25, 0.3) is 0 Å². The molecule has 1 N–H and O–H groups in total. The fourth-order valence-corrected chi connectivity index (χ4v) is 2.96. The fourth-order valence-electron chi connectivity index (χ4n) is 2.96. The molecule has 0 aliphatic carbocycles. The highest BCUT2D eigenvalue weighted by atomic mass is 16.5. The maximum Gasteiger partial charge on any atom is 0.230 e. The standard InChI is InChI=1S/C23H20N2O3/c1-15-12-20-21(25-28-22(20)13-16(15)2)14-23(26)24-17-8-10-19(11-9-17)27-18-6-4-3-5-7-18/h3-13H,14H2,1-2H3,(H,24,26). The Hall–Kier alpha value is -3.60. The minimum Gasteiger partial charge on any atom is -0.457 e. The summed E-state index contributed by atoms with van der Waals surface area (Å²) in [4.78, 5) is 12.4. The van der Waals surface area contributed by atoms with Gasteiger partial charge < -0.3 is 14.6 Å². The second-order valence-electron chi connectivity index (χ2n) is 6.73. The van der Waals surface area contributed by atoms with Crippen LogP contribution in [0, 0.1) is 13.8 Å². The van der Waals surface area contributed by atoms with Gasteiger partial charge >= 0.3 is 0 Å². The number of carbonyl (C=O) groups is 1. The Morgan fingerprint density at radius 3 is 2.39 bits per heavy atom. The van der Waals surface area contributed by atoms with Gasteiger partial charge in [0.05, 0.1) is 6.42 Å². The first-order valence-corrected chi connectivity index (χ1v) is 9.07. The molecule has 0 aliphatic rings. The van der Waals surface area contributed by atoms with Crippen LogP contribution in [0.2, 0.25) is 0 Å². The lowest BCUT2D eigenvalue weighted by Gasteiger charge is -2.08. The number of amides is 1. The van der Waals surface area contributed by atoms with E-state index in [9.17, 15) is 4.79 Å². The summed E-state index contributed by atoms with van der Waals surface area (Å²) in [6.07, 6.45) is 0.151. The van der Waals surface area contributed by atoms with E-state index in [0.29, 0.717) is 22.7 Å². The number of nitrogens with one attached hydrogen (secondary N) is 1. The van der Waals surface area contributed by atoms with Gasteiger partial charge in [0.15, 0.2) is 5.58 Å². The molecule has 0 unspecified atom stereocenters. The largest absolute Gasteiger partial charge is 0.457 e. The van der Waals surface area contributed by atoms with Crippen molar-refractivity contribution < 1.29 is 14.1 Å². The van der Waals surface area contributed by atoms with Crippen LogP contribution in [-0.4, -0.2) is 11.1 Å². The van der Waals surface area contributed by atoms with Crippen molar-refractivity contribution in [1.29, 1.82) is 0 Å². The topological polar surface area (TPSA) is 64.4 Å². The minimum atomic E-state index is -0.148. The second-order valence-corrected chi connectivity index (χ2v) is 6.73. The van der Waals surface area contributed by atoms with E-state index in [1.807, 2.05) is 80.6 Å². The van der Waals surface area contributed by atoms with Gasteiger partial charge in [-0.3, -0.25) is 4.79 Å². The number of aromatic nitrogens is 1. The molecule has 1 amide bonds. The van der Waals surface area contributed by atoms with Crippen LogP contribution in [0.5, 0.6) is 11.5 Å². The van der Waals surface area contributed by atoms with Crippen molar-refractivity contribution in [2.24, 2.45) is 0 Å². The summed E-state index contributed by atoms with van der Waals surface area (Å²) in [6, 6.07) is 20.8. The summed E-state index contributed by atoms with van der Waals surface area (Å²) >= 11 is 0. The number of para-hydroxylation sites is 1. The Kier molecular flexibility index (Phi) is 4.81. The van der Waals surface area contributed by atoms with E-state index >= 15 is 0 Å². The molecule has 5 nitrogen and oxygen atoms in total. The van der Waals surface area contributed by atoms with Crippen LogP contribution in [0.1, 0.15) is 16.8 Å². The number of hydrogen-bond acceptors (Lipinski definition) is 4. The van der Waals surface area contributed by atoms with E-state index in [1.54, 1.807) is 0 Å². The van der Waals surface area contributed by atoms with Crippen molar-refractivity contribution in [3.05, 3.63) is 83.6 Å². The molecule has 0 fully saturated rings. The van der Waals surface area contributed by atoms with Crippen LogP contribution < -0.4 is 10.1 Å². The predicted molar refractivity (Wildman–Crippen MR) is 109 cm³/mol. The first-order chi connectivity index (χ1) is 13.6. The van der Waals surface area contributed by atoms with E-state index in [4.69, 9.17) is 9.26 Å². The van der Waals surface area contributed by atoms with Crippen LogP contribution in [0.15, 0.2) is 71.3 Å². The van der Waals surface area contributed by atoms with Gasteiger partial charge in [-0.15, -0.1) is 0 Å². The minimum absolute atomic E-state index is 0.148. The third kappa shape index (κ3) is 3.88. The zero-order chi connectivity index (χ0) is 19.5. The van der Waals surface area contributed by atoms with Crippen molar-refractivity contribution in [1.82, 2.24) is 5.16 Å². The van der Waals surface area contributed by atoms with E-state index < -0.39 is 0 Å². The number of nitrogens with zero attached hydrogens (tertiary/aromatic N) is 1.